The van der Waals surface area contributed by atoms with Gasteiger partial charge in [0.2, 0.25) is 6.08 Å². The van der Waals surface area contributed by atoms with E-state index in [1.807, 2.05) is 0 Å². The average molecular weight is 252 g/mol. The van der Waals surface area contributed by atoms with Crippen molar-refractivity contribution in [2.24, 2.45) is 16.8 Å². The lowest BCUT2D eigenvalue weighted by molar-refractivity contribution is 0.238. The lowest BCUT2D eigenvalue weighted by Gasteiger charge is -2.12. The van der Waals surface area contributed by atoms with Gasteiger partial charge in [-0.3, -0.25) is 0 Å². The maximum atomic E-state index is 9.91. The fourth-order valence-corrected chi connectivity index (χ4v) is 1.91. The molecule has 0 saturated heterocycles. The summed E-state index contributed by atoms with van der Waals surface area (Å²) in [6, 6.07) is 0. The van der Waals surface area contributed by atoms with Gasteiger partial charge in [-0.05, 0) is 24.7 Å². The first-order valence-electron chi connectivity index (χ1n) is 6.75. The Hall–Kier alpha value is -1.33. The van der Waals surface area contributed by atoms with Gasteiger partial charge in [-0.2, -0.15) is 5.26 Å². The fourth-order valence-electron chi connectivity index (χ4n) is 1.91. The molecular weight excluding hydrogens is 228 g/mol. The molecule has 0 bridgehead atoms. The van der Waals surface area contributed by atoms with Gasteiger partial charge in [-0.25, -0.2) is 9.79 Å². The van der Waals surface area contributed by atoms with Gasteiger partial charge in [0.25, 0.3) is 6.26 Å². The van der Waals surface area contributed by atoms with Crippen LogP contribution < -0.4 is 0 Å². The number of rotatable bonds is 11. The molecule has 0 amide bonds. The third-order valence-electron chi connectivity index (χ3n) is 3.22. The van der Waals surface area contributed by atoms with Crippen LogP contribution in [-0.4, -0.2) is 19.2 Å². The number of isocyanates is 1. The summed E-state index contributed by atoms with van der Waals surface area (Å²) >= 11 is 0. The van der Waals surface area contributed by atoms with E-state index in [4.69, 9.17) is 5.26 Å². The Kier molecular flexibility index (Phi) is 11.2. The molecule has 0 fully saturated rings. The SMILES string of the molecule is CC(CCCCC(C)CCOC#N)CCN=C=O. The van der Waals surface area contributed by atoms with Crippen LogP contribution in [0.15, 0.2) is 4.99 Å². The van der Waals surface area contributed by atoms with Gasteiger partial charge in [-0.15, -0.1) is 0 Å². The lowest BCUT2D eigenvalue weighted by Crippen LogP contribution is -2.01. The first-order valence-corrected chi connectivity index (χ1v) is 6.75. The molecule has 0 aromatic rings. The number of nitrogens with zero attached hydrogens (tertiary/aromatic N) is 2. The van der Waals surface area contributed by atoms with E-state index in [2.05, 4.69) is 23.6 Å². The van der Waals surface area contributed by atoms with Crippen LogP contribution in [0.1, 0.15) is 52.4 Å². The van der Waals surface area contributed by atoms with Crippen molar-refractivity contribution in [3.63, 3.8) is 0 Å². The van der Waals surface area contributed by atoms with E-state index < -0.39 is 0 Å². The van der Waals surface area contributed by atoms with Gasteiger partial charge >= 0.3 is 0 Å². The van der Waals surface area contributed by atoms with Crippen molar-refractivity contribution >= 4 is 6.08 Å². The summed E-state index contributed by atoms with van der Waals surface area (Å²) in [5.74, 6) is 1.24. The minimum Gasteiger partial charge on any atom is -0.428 e. The zero-order valence-corrected chi connectivity index (χ0v) is 11.5. The average Bonchev–Trinajstić information content (AvgIpc) is 2.35. The van der Waals surface area contributed by atoms with Crippen LogP contribution in [0.3, 0.4) is 0 Å². The largest absolute Gasteiger partial charge is 0.428 e. The van der Waals surface area contributed by atoms with E-state index in [1.54, 1.807) is 12.3 Å². The predicted molar refractivity (Wildman–Crippen MR) is 70.6 cm³/mol. The van der Waals surface area contributed by atoms with Gasteiger partial charge in [0.05, 0.1) is 6.54 Å². The quantitative estimate of drug-likeness (QED) is 0.245. The zero-order chi connectivity index (χ0) is 13.6. The molecule has 102 valence electrons. The highest BCUT2D eigenvalue weighted by molar-refractivity contribution is 5.32. The van der Waals surface area contributed by atoms with Crippen molar-refractivity contribution in [2.75, 3.05) is 13.2 Å². The molecule has 0 N–H and O–H groups in total. The Bertz CT molecular complexity index is 280. The Morgan fingerprint density at radius 3 is 2.28 bits per heavy atom. The van der Waals surface area contributed by atoms with Crippen molar-refractivity contribution in [1.82, 2.24) is 0 Å². The van der Waals surface area contributed by atoms with Gasteiger partial charge < -0.3 is 4.74 Å². The minimum atomic E-state index is 0.539. The highest BCUT2D eigenvalue weighted by Crippen LogP contribution is 2.17. The summed E-state index contributed by atoms with van der Waals surface area (Å²) in [6.07, 6.45) is 10.0. The maximum Gasteiger partial charge on any atom is 0.286 e. The van der Waals surface area contributed by atoms with Crippen molar-refractivity contribution in [3.8, 4) is 6.26 Å². The molecule has 18 heavy (non-hydrogen) atoms. The summed E-state index contributed by atoms with van der Waals surface area (Å²) in [7, 11) is 0. The molecule has 0 radical (unpaired) electrons. The van der Waals surface area contributed by atoms with Crippen LogP contribution in [0.2, 0.25) is 0 Å². The third-order valence-corrected chi connectivity index (χ3v) is 3.22. The first kappa shape index (κ1) is 16.7. The van der Waals surface area contributed by atoms with Gasteiger partial charge in [0.1, 0.15) is 6.61 Å². The molecule has 2 atom stereocenters. The summed E-state index contributed by atoms with van der Waals surface area (Å²) in [4.78, 5) is 13.5. The standard InChI is InChI=1S/C14H24N2O2/c1-13(7-9-16-12-17)5-3-4-6-14(2)8-10-18-11-15/h13-14H,3-10H2,1-2H3. The van der Waals surface area contributed by atoms with Crippen LogP contribution in [0.4, 0.5) is 0 Å². The van der Waals surface area contributed by atoms with E-state index in [0.717, 1.165) is 12.8 Å². The summed E-state index contributed by atoms with van der Waals surface area (Å²) < 4.78 is 4.67. The molecule has 0 rings (SSSR count). The topological polar surface area (TPSA) is 62.4 Å². The number of nitriles is 1. The molecule has 0 aromatic carbocycles. The summed E-state index contributed by atoms with van der Waals surface area (Å²) in [6.45, 7) is 5.54. The fraction of sp³-hybridized carbons (Fsp3) is 0.857. The molecule has 0 aliphatic carbocycles. The summed E-state index contributed by atoms with van der Waals surface area (Å²) in [5, 5.41) is 8.24. The Labute approximate surface area is 110 Å². The molecule has 0 saturated carbocycles. The second-order valence-corrected chi connectivity index (χ2v) is 4.98. The molecular formula is C14H24N2O2. The molecule has 0 aliphatic rings. The number of unbranched alkanes of at least 4 members (excludes halogenated alkanes) is 1. The van der Waals surface area contributed by atoms with Gasteiger partial charge in [0.15, 0.2) is 0 Å². The highest BCUT2D eigenvalue weighted by atomic mass is 16.5. The zero-order valence-electron chi connectivity index (χ0n) is 11.5. The van der Waals surface area contributed by atoms with Crippen molar-refractivity contribution in [1.29, 1.82) is 5.26 Å². The molecule has 0 aromatic heterocycles. The molecule has 0 aliphatic heterocycles. The lowest BCUT2D eigenvalue weighted by atomic mass is 9.96. The van der Waals surface area contributed by atoms with Crippen molar-refractivity contribution in [2.45, 2.75) is 52.4 Å². The van der Waals surface area contributed by atoms with Crippen LogP contribution in [-0.2, 0) is 9.53 Å². The Morgan fingerprint density at radius 1 is 1.11 bits per heavy atom. The van der Waals surface area contributed by atoms with Crippen LogP contribution in [0.25, 0.3) is 0 Å². The van der Waals surface area contributed by atoms with E-state index in [-0.39, 0.29) is 0 Å². The number of hydrogen-bond acceptors (Lipinski definition) is 4. The van der Waals surface area contributed by atoms with E-state index >= 15 is 0 Å². The summed E-state index contributed by atoms with van der Waals surface area (Å²) in [5.41, 5.74) is 0. The van der Waals surface area contributed by atoms with Gasteiger partial charge in [-0.1, -0.05) is 39.5 Å². The van der Waals surface area contributed by atoms with Gasteiger partial charge in [0, 0.05) is 0 Å². The molecule has 0 spiro atoms. The smallest absolute Gasteiger partial charge is 0.286 e. The maximum absolute atomic E-state index is 9.91. The Morgan fingerprint density at radius 2 is 1.72 bits per heavy atom. The van der Waals surface area contributed by atoms with Crippen molar-refractivity contribution < 1.29 is 9.53 Å². The Balaban J connectivity index is 3.37. The normalized spacial score (nSPS) is 13.2. The molecule has 4 heteroatoms. The minimum absolute atomic E-state index is 0.539. The third kappa shape index (κ3) is 11.2. The van der Waals surface area contributed by atoms with E-state index in [1.165, 1.54) is 25.7 Å². The number of hydrogen-bond donors (Lipinski definition) is 0. The van der Waals surface area contributed by atoms with Crippen LogP contribution >= 0.6 is 0 Å². The molecule has 4 nitrogen and oxygen atoms in total. The molecule has 2 unspecified atom stereocenters. The van der Waals surface area contributed by atoms with E-state index in [0.29, 0.717) is 25.0 Å². The molecule has 0 heterocycles. The second-order valence-electron chi connectivity index (χ2n) is 4.98. The predicted octanol–water partition coefficient (Wildman–Crippen LogP) is 3.43. The van der Waals surface area contributed by atoms with Crippen LogP contribution in [0.5, 0.6) is 0 Å². The monoisotopic (exact) mass is 252 g/mol. The van der Waals surface area contributed by atoms with Crippen molar-refractivity contribution in [3.05, 3.63) is 0 Å². The van der Waals surface area contributed by atoms with E-state index in [9.17, 15) is 4.79 Å². The number of aliphatic imine (C=N–C) groups is 1. The highest BCUT2D eigenvalue weighted by Gasteiger charge is 2.04. The number of carbonyl (C=O) groups excluding carboxylic acids is 1. The second kappa shape index (κ2) is 12.1. The van der Waals surface area contributed by atoms with Crippen LogP contribution in [0, 0.1) is 23.4 Å². The number of ether oxygens (including phenoxy) is 1. The first-order chi connectivity index (χ1) is 8.70.